The molecule has 2 aromatic carbocycles. The summed E-state index contributed by atoms with van der Waals surface area (Å²) in [4.78, 5) is 37.4. The van der Waals surface area contributed by atoms with Gasteiger partial charge in [-0.15, -0.1) is 0 Å². The van der Waals surface area contributed by atoms with E-state index in [0.29, 0.717) is 19.6 Å². The number of phenolic OH excluding ortho intramolecular Hbond substituents is 1. The van der Waals surface area contributed by atoms with E-state index in [1.165, 1.54) is 11.7 Å². The molecule has 1 aromatic heterocycles. The highest BCUT2D eigenvalue weighted by molar-refractivity contribution is 5.92. The zero-order valence-electron chi connectivity index (χ0n) is 20.9. The minimum absolute atomic E-state index is 0.0120. The van der Waals surface area contributed by atoms with Crippen molar-refractivity contribution in [2.75, 3.05) is 43.6 Å². The maximum atomic E-state index is 15.3. The number of rotatable bonds is 9. The van der Waals surface area contributed by atoms with Crippen LogP contribution in [0.25, 0.3) is 10.9 Å². The number of nitrogens with one attached hydrogen (secondary N) is 2. The van der Waals surface area contributed by atoms with E-state index in [0.717, 1.165) is 17.8 Å². The third kappa shape index (κ3) is 5.65. The zero-order valence-corrected chi connectivity index (χ0v) is 20.9. The fraction of sp³-hybridized carbons (Fsp3) is 0.346. The number of phenols is 1. The van der Waals surface area contributed by atoms with Crippen molar-refractivity contribution in [2.45, 2.75) is 13.5 Å². The molecule has 2 heterocycles. The number of hydrogen-bond acceptors (Lipinski definition) is 9. The molecule has 1 fully saturated rings. The minimum Gasteiger partial charge on any atom is -0.504 e. The number of carboxylic acid groups (broad SMARTS) is 1. The van der Waals surface area contributed by atoms with Crippen LogP contribution in [-0.2, 0) is 16.1 Å². The topological polar surface area (TPSA) is 142 Å². The molecule has 4 rings (SSSR count). The first-order valence-electron chi connectivity index (χ1n) is 12.0. The summed E-state index contributed by atoms with van der Waals surface area (Å²) in [7, 11) is 1.49. The number of anilines is 1. The van der Waals surface area contributed by atoms with Crippen LogP contribution in [0, 0.1) is 17.7 Å². The fourth-order valence-electron chi connectivity index (χ4n) is 4.68. The Labute approximate surface area is 217 Å². The number of benzene rings is 2. The number of nitrogens with zero attached hydrogens (tertiary/aromatic N) is 2. The summed E-state index contributed by atoms with van der Waals surface area (Å²) < 4.78 is 26.3. The van der Waals surface area contributed by atoms with Crippen LogP contribution >= 0.6 is 0 Å². The van der Waals surface area contributed by atoms with Crippen LogP contribution in [0.2, 0.25) is 0 Å². The number of halogens is 1. The van der Waals surface area contributed by atoms with Crippen LogP contribution in [0.5, 0.6) is 11.5 Å². The van der Waals surface area contributed by atoms with Gasteiger partial charge < -0.3 is 35.3 Å². The molecule has 38 heavy (non-hydrogen) atoms. The van der Waals surface area contributed by atoms with Crippen LogP contribution in [0.4, 0.5) is 14.9 Å². The smallest absolute Gasteiger partial charge is 0.504 e. The Bertz CT molecular complexity index is 1400. The predicted octanol–water partition coefficient (Wildman–Crippen LogP) is 2.48. The molecule has 1 aliphatic rings. The molecule has 0 amide bonds. The second kappa shape index (κ2) is 11.4. The lowest BCUT2D eigenvalue weighted by molar-refractivity contribution is -0.143. The number of ether oxygens (including phenoxy) is 2. The van der Waals surface area contributed by atoms with E-state index in [9.17, 15) is 19.5 Å². The summed E-state index contributed by atoms with van der Waals surface area (Å²) >= 11 is 0. The van der Waals surface area contributed by atoms with Gasteiger partial charge in [-0.25, -0.2) is 9.18 Å². The van der Waals surface area contributed by atoms with Gasteiger partial charge in [-0.2, -0.15) is 0 Å². The molecule has 0 bridgehead atoms. The molecular weight excluding hydrogens is 499 g/mol. The highest BCUT2D eigenvalue weighted by Gasteiger charge is 2.33. The average molecular weight is 529 g/mol. The van der Waals surface area contributed by atoms with E-state index in [1.54, 1.807) is 4.90 Å². The Kier molecular flexibility index (Phi) is 8.01. The number of esters is 1. The van der Waals surface area contributed by atoms with E-state index < -0.39 is 28.9 Å². The first-order chi connectivity index (χ1) is 18.2. The quantitative estimate of drug-likeness (QED) is 0.306. The van der Waals surface area contributed by atoms with Crippen molar-refractivity contribution in [1.29, 1.82) is 0 Å². The van der Waals surface area contributed by atoms with Crippen LogP contribution in [-0.4, -0.2) is 60.2 Å². The Morgan fingerprint density at radius 1 is 1.21 bits per heavy atom. The molecule has 0 saturated carbocycles. The van der Waals surface area contributed by atoms with Gasteiger partial charge in [0.15, 0.2) is 11.6 Å². The number of aromatic nitrogens is 1. The Hall–Kier alpha value is -4.32. The second-order valence-electron chi connectivity index (χ2n) is 9.16. The van der Waals surface area contributed by atoms with Gasteiger partial charge in [0.05, 0.1) is 18.1 Å². The highest BCUT2D eigenvalue weighted by atomic mass is 19.1. The van der Waals surface area contributed by atoms with E-state index in [1.807, 2.05) is 37.3 Å². The van der Waals surface area contributed by atoms with E-state index in [4.69, 9.17) is 9.84 Å². The molecule has 0 spiro atoms. The van der Waals surface area contributed by atoms with Crippen LogP contribution < -0.4 is 25.8 Å². The van der Waals surface area contributed by atoms with Crippen molar-refractivity contribution < 1.29 is 33.7 Å². The Morgan fingerprint density at radius 3 is 2.63 bits per heavy atom. The summed E-state index contributed by atoms with van der Waals surface area (Å²) in [6.07, 6.45) is -0.614. The van der Waals surface area contributed by atoms with Gasteiger partial charge >= 0.3 is 12.1 Å². The van der Waals surface area contributed by atoms with Crippen molar-refractivity contribution in [3.8, 4) is 11.5 Å². The molecule has 202 valence electrons. The lowest BCUT2D eigenvalue weighted by Gasteiger charge is -2.23. The maximum absolute atomic E-state index is 15.3. The SMILES string of the molecule is CNn1cc(OC(=O)O)c(=O)c2cc(F)c(N3CC(C)C(CNCC(=O)OCc4ccccc4)C3)c(O)c21. The van der Waals surface area contributed by atoms with Gasteiger partial charge in [0.1, 0.15) is 17.8 Å². The molecule has 2 atom stereocenters. The second-order valence-corrected chi connectivity index (χ2v) is 9.16. The summed E-state index contributed by atoms with van der Waals surface area (Å²) in [5.41, 5.74) is 2.66. The van der Waals surface area contributed by atoms with Gasteiger partial charge in [-0.3, -0.25) is 14.3 Å². The first-order valence-corrected chi connectivity index (χ1v) is 12.0. The van der Waals surface area contributed by atoms with Crippen molar-refractivity contribution in [3.63, 3.8) is 0 Å². The molecule has 0 radical (unpaired) electrons. The van der Waals surface area contributed by atoms with Crippen molar-refractivity contribution in [1.82, 2.24) is 9.99 Å². The summed E-state index contributed by atoms with van der Waals surface area (Å²) in [5.74, 6) is -2.05. The largest absolute Gasteiger partial charge is 0.511 e. The number of hydrogen-bond donors (Lipinski definition) is 4. The molecule has 1 saturated heterocycles. The van der Waals surface area contributed by atoms with E-state index in [2.05, 4.69) is 15.5 Å². The number of fused-ring (bicyclic) bond motifs is 1. The third-order valence-electron chi connectivity index (χ3n) is 6.60. The highest BCUT2D eigenvalue weighted by Crippen LogP contribution is 2.40. The molecule has 4 N–H and O–H groups in total. The molecule has 3 aromatic rings. The number of pyridine rings is 1. The summed E-state index contributed by atoms with van der Waals surface area (Å²) in [5, 5.41) is 22.8. The van der Waals surface area contributed by atoms with Crippen LogP contribution in [0.3, 0.4) is 0 Å². The first kappa shape index (κ1) is 26.7. The van der Waals surface area contributed by atoms with Gasteiger partial charge in [0.25, 0.3) is 0 Å². The molecule has 11 nitrogen and oxygen atoms in total. The van der Waals surface area contributed by atoms with Gasteiger partial charge in [-0.1, -0.05) is 37.3 Å². The zero-order chi connectivity index (χ0) is 27.4. The minimum atomic E-state index is -1.69. The molecule has 0 aliphatic carbocycles. The lowest BCUT2D eigenvalue weighted by atomic mass is 9.98. The van der Waals surface area contributed by atoms with Gasteiger partial charge in [-0.05, 0) is 23.5 Å². The average Bonchev–Trinajstić information content (AvgIpc) is 3.24. The monoisotopic (exact) mass is 528 g/mol. The van der Waals surface area contributed by atoms with E-state index in [-0.39, 0.29) is 47.5 Å². The summed E-state index contributed by atoms with van der Waals surface area (Å²) in [6, 6.07) is 10.3. The van der Waals surface area contributed by atoms with Crippen molar-refractivity contribution in [3.05, 3.63) is 64.2 Å². The molecule has 2 unspecified atom stereocenters. The predicted molar refractivity (Wildman–Crippen MR) is 138 cm³/mol. The maximum Gasteiger partial charge on any atom is 0.511 e. The molecular formula is C26H29FN4O7. The van der Waals surface area contributed by atoms with Crippen LogP contribution in [0.1, 0.15) is 12.5 Å². The van der Waals surface area contributed by atoms with Gasteiger partial charge in [0.2, 0.25) is 11.2 Å². The van der Waals surface area contributed by atoms with Crippen molar-refractivity contribution in [2.24, 2.45) is 11.8 Å². The number of aromatic hydroxyl groups is 1. The summed E-state index contributed by atoms with van der Waals surface area (Å²) in [6.45, 7) is 3.52. The third-order valence-corrected chi connectivity index (χ3v) is 6.60. The lowest BCUT2D eigenvalue weighted by Crippen LogP contribution is -2.32. The fourth-order valence-corrected chi connectivity index (χ4v) is 4.68. The van der Waals surface area contributed by atoms with Crippen molar-refractivity contribution >= 4 is 28.7 Å². The Morgan fingerprint density at radius 2 is 1.95 bits per heavy atom. The molecule has 12 heteroatoms. The Balaban J connectivity index is 1.46. The van der Waals surface area contributed by atoms with E-state index >= 15 is 4.39 Å². The van der Waals surface area contributed by atoms with Gasteiger partial charge in [0, 0.05) is 26.7 Å². The normalized spacial score (nSPS) is 17.0. The standard InChI is InChI=1S/C26H29FN4O7/c1-15-11-30(12-17(15)9-29-10-21(32)37-14-16-6-4-3-5-7-16)23-19(27)8-18-22(25(23)34)31(28-2)13-20(24(18)33)38-26(35)36/h3-8,13,15,17,28-29,34H,9-12,14H2,1-2H3,(H,35,36). The van der Waals surface area contributed by atoms with Crippen LogP contribution in [0.15, 0.2) is 47.4 Å². The number of carbonyl (C=O) groups excluding carboxylic acids is 1. The molecule has 1 aliphatic heterocycles. The number of carbonyl (C=O) groups is 2.